The van der Waals surface area contributed by atoms with Gasteiger partial charge in [-0.15, -0.1) is 0 Å². The lowest BCUT2D eigenvalue weighted by Crippen LogP contribution is -2.18. The summed E-state index contributed by atoms with van der Waals surface area (Å²) in [7, 11) is 0. The fraction of sp³-hybridized carbons (Fsp3) is 0.118. The first kappa shape index (κ1) is 12.5. The number of carbonyl (C=O) groups is 1. The molecule has 0 unspecified atom stereocenters. The smallest absolute Gasteiger partial charge is 0.167 e. The molecule has 0 bridgehead atoms. The minimum atomic E-state index is 0.105. The zero-order valence-corrected chi connectivity index (χ0v) is 11.2. The van der Waals surface area contributed by atoms with Gasteiger partial charge in [0.05, 0.1) is 0 Å². The maximum absolute atomic E-state index is 12.3. The van der Waals surface area contributed by atoms with E-state index in [1.165, 1.54) is 0 Å². The number of benzene rings is 2. The average molecular weight is 265 g/mol. The third-order valence-corrected chi connectivity index (χ3v) is 3.33. The molecule has 2 aromatic rings. The quantitative estimate of drug-likeness (QED) is 0.863. The van der Waals surface area contributed by atoms with Gasteiger partial charge in [-0.3, -0.25) is 4.79 Å². The van der Waals surface area contributed by atoms with Crippen LogP contribution in [0.1, 0.15) is 27.9 Å². The van der Waals surface area contributed by atoms with Crippen molar-refractivity contribution in [1.29, 1.82) is 0 Å². The molecule has 0 saturated carbocycles. The monoisotopic (exact) mass is 265 g/mol. The van der Waals surface area contributed by atoms with E-state index in [0.717, 1.165) is 28.0 Å². The molecule has 1 aliphatic rings. The van der Waals surface area contributed by atoms with Crippen molar-refractivity contribution in [3.8, 4) is 5.75 Å². The van der Waals surface area contributed by atoms with Crippen molar-refractivity contribution in [1.82, 2.24) is 5.48 Å². The highest BCUT2D eigenvalue weighted by atomic mass is 16.6. The first-order valence-electron chi connectivity index (χ1n) is 6.55. The van der Waals surface area contributed by atoms with Crippen LogP contribution < -0.4 is 10.3 Å². The summed E-state index contributed by atoms with van der Waals surface area (Å²) in [5, 5.41) is 0. The molecule has 100 valence electrons. The van der Waals surface area contributed by atoms with Gasteiger partial charge in [-0.25, -0.2) is 5.48 Å². The summed E-state index contributed by atoms with van der Waals surface area (Å²) in [5.74, 6) is 0.863. The van der Waals surface area contributed by atoms with E-state index < -0.39 is 0 Å². The van der Waals surface area contributed by atoms with Crippen LogP contribution in [0.4, 0.5) is 0 Å². The van der Waals surface area contributed by atoms with E-state index in [9.17, 15) is 4.79 Å². The van der Waals surface area contributed by atoms with Crippen molar-refractivity contribution >= 4 is 11.4 Å². The van der Waals surface area contributed by atoms with Gasteiger partial charge < -0.3 is 4.84 Å². The third kappa shape index (κ3) is 2.43. The zero-order chi connectivity index (χ0) is 13.9. The van der Waals surface area contributed by atoms with Gasteiger partial charge in [0.15, 0.2) is 11.5 Å². The number of Topliss-reactive ketones (excluding diaryl/α,β-unsaturated/α-hetero) is 1. The van der Waals surface area contributed by atoms with E-state index in [1.807, 2.05) is 55.5 Å². The third-order valence-electron chi connectivity index (χ3n) is 3.33. The van der Waals surface area contributed by atoms with Gasteiger partial charge in [0.25, 0.3) is 0 Å². The van der Waals surface area contributed by atoms with Gasteiger partial charge in [-0.2, -0.15) is 0 Å². The normalized spacial score (nSPS) is 12.8. The topological polar surface area (TPSA) is 38.3 Å². The maximum atomic E-state index is 12.3. The molecule has 0 amide bonds. The molecule has 0 aliphatic carbocycles. The van der Waals surface area contributed by atoms with Crippen molar-refractivity contribution in [3.05, 3.63) is 71.4 Å². The molecule has 0 radical (unpaired) electrons. The first-order valence-corrected chi connectivity index (χ1v) is 6.55. The number of aryl methyl sites for hydroxylation is 1. The van der Waals surface area contributed by atoms with E-state index in [1.54, 1.807) is 6.20 Å². The Morgan fingerprint density at radius 3 is 2.75 bits per heavy atom. The Hall–Kier alpha value is -2.55. The molecule has 2 aromatic carbocycles. The van der Waals surface area contributed by atoms with Crippen LogP contribution in [0.5, 0.6) is 5.75 Å². The first-order chi connectivity index (χ1) is 9.74. The Labute approximate surface area is 117 Å². The number of fused-ring (bicyclic) bond motifs is 1. The van der Waals surface area contributed by atoms with Crippen molar-refractivity contribution in [2.45, 2.75) is 13.3 Å². The molecule has 1 aliphatic heterocycles. The minimum Gasteiger partial charge on any atom is -0.382 e. The summed E-state index contributed by atoms with van der Waals surface area (Å²) in [6, 6.07) is 15.3. The van der Waals surface area contributed by atoms with Gasteiger partial charge in [0.1, 0.15) is 0 Å². The molecule has 0 saturated heterocycles. The second kappa shape index (κ2) is 5.21. The van der Waals surface area contributed by atoms with Crippen molar-refractivity contribution in [2.24, 2.45) is 0 Å². The van der Waals surface area contributed by atoms with Crippen molar-refractivity contribution in [3.63, 3.8) is 0 Å². The molecular weight excluding hydrogens is 250 g/mol. The van der Waals surface area contributed by atoms with Gasteiger partial charge in [-0.05, 0) is 24.6 Å². The Morgan fingerprint density at radius 2 is 1.95 bits per heavy atom. The predicted molar refractivity (Wildman–Crippen MR) is 78.3 cm³/mol. The highest BCUT2D eigenvalue weighted by molar-refractivity contribution is 6.02. The second-order valence-electron chi connectivity index (χ2n) is 4.86. The standard InChI is InChI=1S/C17H15NO2/c1-12-7-8-17-15(9-12)14(11-18-20-17)10-16(19)13-5-3-2-4-6-13/h2-9,11,18H,10H2,1H3. The van der Waals surface area contributed by atoms with Crippen LogP contribution in [0, 0.1) is 6.92 Å². The van der Waals surface area contributed by atoms with E-state index in [-0.39, 0.29) is 5.78 Å². The summed E-state index contributed by atoms with van der Waals surface area (Å²) in [4.78, 5) is 17.7. The fourth-order valence-corrected chi connectivity index (χ4v) is 2.27. The number of hydrogen-bond donors (Lipinski definition) is 1. The summed E-state index contributed by atoms with van der Waals surface area (Å²) < 4.78 is 0. The summed E-state index contributed by atoms with van der Waals surface area (Å²) >= 11 is 0. The van der Waals surface area contributed by atoms with E-state index in [4.69, 9.17) is 4.84 Å². The highest BCUT2D eigenvalue weighted by Gasteiger charge is 2.17. The number of allylic oxidation sites excluding steroid dienone is 1. The molecule has 0 atom stereocenters. The fourth-order valence-electron chi connectivity index (χ4n) is 2.27. The molecule has 3 nitrogen and oxygen atoms in total. The number of carbonyl (C=O) groups excluding carboxylic acids is 1. The lowest BCUT2D eigenvalue weighted by molar-refractivity contribution is 0.0997. The molecule has 1 N–H and O–H groups in total. The van der Waals surface area contributed by atoms with Crippen LogP contribution in [-0.4, -0.2) is 5.78 Å². The second-order valence-corrected chi connectivity index (χ2v) is 4.86. The number of hydroxylamine groups is 1. The molecule has 0 fully saturated rings. The molecule has 1 heterocycles. The molecular formula is C17H15NO2. The van der Waals surface area contributed by atoms with Crippen LogP contribution in [0.15, 0.2) is 54.7 Å². The largest absolute Gasteiger partial charge is 0.382 e. The maximum Gasteiger partial charge on any atom is 0.167 e. The van der Waals surface area contributed by atoms with Crippen LogP contribution in [-0.2, 0) is 0 Å². The average Bonchev–Trinajstić information content (AvgIpc) is 2.49. The number of hydrogen-bond acceptors (Lipinski definition) is 3. The number of rotatable bonds is 3. The molecule has 0 aromatic heterocycles. The SMILES string of the molecule is Cc1ccc2c(c1)C(CC(=O)c1ccccc1)=CNO2. The Morgan fingerprint density at radius 1 is 1.15 bits per heavy atom. The van der Waals surface area contributed by atoms with Crippen LogP contribution in [0.25, 0.3) is 5.57 Å². The van der Waals surface area contributed by atoms with Crippen LogP contribution in [0.3, 0.4) is 0 Å². The Balaban J connectivity index is 1.87. The van der Waals surface area contributed by atoms with Crippen LogP contribution >= 0.6 is 0 Å². The van der Waals surface area contributed by atoms with Gasteiger partial charge in [0.2, 0.25) is 0 Å². The summed E-state index contributed by atoms with van der Waals surface area (Å²) in [5.41, 5.74) is 6.56. The summed E-state index contributed by atoms with van der Waals surface area (Å²) in [6.07, 6.45) is 2.11. The van der Waals surface area contributed by atoms with Crippen LogP contribution in [0.2, 0.25) is 0 Å². The van der Waals surface area contributed by atoms with Crippen molar-refractivity contribution in [2.75, 3.05) is 0 Å². The minimum absolute atomic E-state index is 0.105. The Bertz CT molecular complexity index is 675. The van der Waals surface area contributed by atoms with E-state index in [0.29, 0.717) is 6.42 Å². The lowest BCUT2D eigenvalue weighted by atomic mass is 9.96. The molecule has 3 heteroatoms. The summed E-state index contributed by atoms with van der Waals surface area (Å²) in [6.45, 7) is 2.03. The molecule has 3 rings (SSSR count). The van der Waals surface area contributed by atoms with Gasteiger partial charge in [0, 0.05) is 23.7 Å². The number of ketones is 1. The number of nitrogens with one attached hydrogen (secondary N) is 1. The van der Waals surface area contributed by atoms with Gasteiger partial charge >= 0.3 is 0 Å². The van der Waals surface area contributed by atoms with E-state index >= 15 is 0 Å². The van der Waals surface area contributed by atoms with E-state index in [2.05, 4.69) is 5.48 Å². The molecule has 20 heavy (non-hydrogen) atoms. The van der Waals surface area contributed by atoms with Gasteiger partial charge in [-0.1, -0.05) is 42.0 Å². The zero-order valence-electron chi connectivity index (χ0n) is 11.2. The Kier molecular flexibility index (Phi) is 3.25. The predicted octanol–water partition coefficient (Wildman–Crippen LogP) is 3.51. The lowest BCUT2D eigenvalue weighted by Gasteiger charge is -2.19. The highest BCUT2D eigenvalue weighted by Crippen LogP contribution is 2.31. The van der Waals surface area contributed by atoms with Crippen molar-refractivity contribution < 1.29 is 9.63 Å². The molecule has 0 spiro atoms.